The number of aliphatic imine (C=N–C) groups is 1. The van der Waals surface area contributed by atoms with Gasteiger partial charge in [0, 0.05) is 34.9 Å². The quantitative estimate of drug-likeness (QED) is 0.934. The molecule has 4 nitrogen and oxygen atoms in total. The van der Waals surface area contributed by atoms with Crippen LogP contribution in [0, 0.1) is 0 Å². The van der Waals surface area contributed by atoms with Crippen LogP contribution in [0.4, 0.5) is 0 Å². The van der Waals surface area contributed by atoms with Gasteiger partial charge in [0.2, 0.25) is 0 Å². The van der Waals surface area contributed by atoms with Crippen LogP contribution < -0.4 is 0 Å². The number of aliphatic hydroxyl groups is 1. The van der Waals surface area contributed by atoms with E-state index in [-0.39, 0.29) is 18.8 Å². The summed E-state index contributed by atoms with van der Waals surface area (Å²) in [5, 5.41) is 10.4. The summed E-state index contributed by atoms with van der Waals surface area (Å²) in [4.78, 5) is 10.9. The molecule has 23 heavy (non-hydrogen) atoms. The van der Waals surface area contributed by atoms with Crippen LogP contribution >= 0.6 is 11.6 Å². The molecule has 2 atom stereocenters. The van der Waals surface area contributed by atoms with Gasteiger partial charge in [0.1, 0.15) is 6.17 Å². The van der Waals surface area contributed by atoms with E-state index in [0.717, 1.165) is 16.8 Å². The van der Waals surface area contributed by atoms with E-state index in [9.17, 15) is 5.11 Å². The fraction of sp³-hybridized carbons (Fsp3) is 0.222. The van der Waals surface area contributed by atoms with Gasteiger partial charge >= 0.3 is 0 Å². The van der Waals surface area contributed by atoms with Gasteiger partial charge in [-0.2, -0.15) is 0 Å². The summed E-state index contributed by atoms with van der Waals surface area (Å²) >= 11 is 5.99. The Morgan fingerprint density at radius 1 is 1.26 bits per heavy atom. The van der Waals surface area contributed by atoms with E-state index in [1.54, 1.807) is 6.20 Å². The lowest BCUT2D eigenvalue weighted by Gasteiger charge is -2.39. The Kier molecular flexibility index (Phi) is 4.74. The Bertz CT molecular complexity index is 713. The lowest BCUT2D eigenvalue weighted by Crippen LogP contribution is -2.38. The first-order valence-corrected chi connectivity index (χ1v) is 7.87. The first-order chi connectivity index (χ1) is 11.2. The van der Waals surface area contributed by atoms with Crippen LogP contribution in [0.5, 0.6) is 0 Å². The van der Waals surface area contributed by atoms with Crippen molar-refractivity contribution in [2.24, 2.45) is 4.99 Å². The van der Waals surface area contributed by atoms with E-state index in [0.29, 0.717) is 5.02 Å². The summed E-state index contributed by atoms with van der Waals surface area (Å²) in [6.07, 6.45) is 7.11. The SMILES string of the molecule is C[C@@H](CO)N1C(c2ccc(Cl)cc2)=CC=NC1c1cccnc1. The van der Waals surface area contributed by atoms with Crippen LogP contribution in [0.2, 0.25) is 5.02 Å². The smallest absolute Gasteiger partial charge is 0.148 e. The van der Waals surface area contributed by atoms with Crippen LogP contribution in [0.1, 0.15) is 24.2 Å². The molecule has 0 saturated heterocycles. The molecule has 1 aliphatic rings. The monoisotopic (exact) mass is 327 g/mol. The maximum absolute atomic E-state index is 9.70. The number of rotatable bonds is 4. The van der Waals surface area contributed by atoms with E-state index in [2.05, 4.69) is 14.9 Å². The van der Waals surface area contributed by atoms with Crippen LogP contribution in [0.25, 0.3) is 5.70 Å². The highest BCUT2D eigenvalue weighted by Crippen LogP contribution is 2.35. The standard InChI is InChI=1S/C18H18ClN3O/c1-13(12-23)22-17(14-4-6-16(19)7-5-14)8-10-21-18(22)15-3-2-9-20-11-15/h2-11,13,18,23H,12H2,1H3/t13-,18?/m0/s1. The Morgan fingerprint density at radius 2 is 2.04 bits per heavy atom. The van der Waals surface area contributed by atoms with Crippen molar-refractivity contribution in [3.8, 4) is 0 Å². The number of allylic oxidation sites excluding steroid dienone is 1. The van der Waals surface area contributed by atoms with Crippen molar-refractivity contribution in [2.45, 2.75) is 19.1 Å². The van der Waals surface area contributed by atoms with Gasteiger partial charge in [-0.05, 0) is 36.8 Å². The van der Waals surface area contributed by atoms with Gasteiger partial charge in [-0.3, -0.25) is 9.98 Å². The molecule has 1 N–H and O–H groups in total. The minimum Gasteiger partial charge on any atom is -0.394 e. The van der Waals surface area contributed by atoms with E-state index in [4.69, 9.17) is 11.6 Å². The predicted octanol–water partition coefficient (Wildman–Crippen LogP) is 3.54. The van der Waals surface area contributed by atoms with E-state index in [1.807, 2.05) is 61.8 Å². The van der Waals surface area contributed by atoms with Gasteiger partial charge in [-0.15, -0.1) is 0 Å². The number of benzene rings is 1. The third-order valence-electron chi connectivity index (χ3n) is 3.86. The normalized spacial score (nSPS) is 18.7. The highest BCUT2D eigenvalue weighted by molar-refractivity contribution is 6.30. The molecule has 0 radical (unpaired) electrons. The number of aromatic nitrogens is 1. The Labute approximate surface area is 140 Å². The molecule has 1 aromatic heterocycles. The molecule has 0 amide bonds. The third kappa shape index (κ3) is 3.28. The summed E-state index contributed by atoms with van der Waals surface area (Å²) in [5.74, 6) is 0. The van der Waals surface area contributed by atoms with Crippen molar-refractivity contribution in [3.05, 3.63) is 71.0 Å². The van der Waals surface area contributed by atoms with Crippen molar-refractivity contribution in [1.29, 1.82) is 0 Å². The third-order valence-corrected chi connectivity index (χ3v) is 4.11. The molecule has 0 fully saturated rings. The average molecular weight is 328 g/mol. The number of aliphatic hydroxyl groups excluding tert-OH is 1. The summed E-state index contributed by atoms with van der Waals surface area (Å²) < 4.78 is 0. The Balaban J connectivity index is 2.02. The molecule has 1 aromatic carbocycles. The average Bonchev–Trinajstić information content (AvgIpc) is 2.62. The lowest BCUT2D eigenvalue weighted by atomic mass is 10.0. The number of halogens is 1. The van der Waals surface area contributed by atoms with Crippen molar-refractivity contribution < 1.29 is 5.11 Å². The van der Waals surface area contributed by atoms with Crippen LogP contribution in [-0.4, -0.2) is 33.9 Å². The Morgan fingerprint density at radius 3 is 2.70 bits per heavy atom. The van der Waals surface area contributed by atoms with Crippen LogP contribution in [-0.2, 0) is 0 Å². The van der Waals surface area contributed by atoms with E-state index < -0.39 is 0 Å². The topological polar surface area (TPSA) is 48.7 Å². The molecule has 0 aliphatic carbocycles. The highest BCUT2D eigenvalue weighted by Gasteiger charge is 2.28. The number of hydrogen-bond acceptors (Lipinski definition) is 4. The van der Waals surface area contributed by atoms with Crippen molar-refractivity contribution in [3.63, 3.8) is 0 Å². The maximum atomic E-state index is 9.70. The first-order valence-electron chi connectivity index (χ1n) is 7.49. The van der Waals surface area contributed by atoms with Gasteiger partial charge in [-0.25, -0.2) is 0 Å². The molecule has 5 heteroatoms. The minimum absolute atomic E-state index is 0.0389. The van der Waals surface area contributed by atoms with E-state index in [1.165, 1.54) is 0 Å². The van der Waals surface area contributed by atoms with Gasteiger partial charge < -0.3 is 10.0 Å². The number of hydrogen-bond donors (Lipinski definition) is 1. The van der Waals surface area contributed by atoms with Crippen molar-refractivity contribution in [2.75, 3.05) is 6.61 Å². The second-order valence-electron chi connectivity index (χ2n) is 5.46. The second kappa shape index (κ2) is 6.94. The molecule has 0 saturated carbocycles. The predicted molar refractivity (Wildman–Crippen MR) is 93.3 cm³/mol. The zero-order valence-corrected chi connectivity index (χ0v) is 13.6. The van der Waals surface area contributed by atoms with Gasteiger partial charge in [-0.1, -0.05) is 29.8 Å². The van der Waals surface area contributed by atoms with E-state index >= 15 is 0 Å². The molecule has 0 spiro atoms. The van der Waals surface area contributed by atoms with Crippen molar-refractivity contribution >= 4 is 23.5 Å². The minimum atomic E-state index is -0.207. The fourth-order valence-electron chi connectivity index (χ4n) is 2.69. The molecular weight excluding hydrogens is 310 g/mol. The van der Waals surface area contributed by atoms with Gasteiger partial charge in [0.15, 0.2) is 0 Å². The molecule has 2 aromatic rings. The number of nitrogens with zero attached hydrogens (tertiary/aromatic N) is 3. The molecule has 3 rings (SSSR count). The van der Waals surface area contributed by atoms with Crippen LogP contribution in [0.3, 0.4) is 0 Å². The fourth-order valence-corrected chi connectivity index (χ4v) is 2.82. The molecule has 2 heterocycles. The first kappa shape index (κ1) is 15.7. The summed E-state index contributed by atoms with van der Waals surface area (Å²) in [5.41, 5.74) is 3.03. The zero-order chi connectivity index (χ0) is 16.2. The largest absolute Gasteiger partial charge is 0.394 e. The summed E-state index contributed by atoms with van der Waals surface area (Å²) in [7, 11) is 0. The molecule has 1 aliphatic heterocycles. The lowest BCUT2D eigenvalue weighted by molar-refractivity contribution is 0.152. The maximum Gasteiger partial charge on any atom is 0.148 e. The second-order valence-corrected chi connectivity index (χ2v) is 5.89. The van der Waals surface area contributed by atoms with Gasteiger partial charge in [0.25, 0.3) is 0 Å². The Hall–Kier alpha value is -2.17. The molecular formula is C18H18ClN3O. The summed E-state index contributed by atoms with van der Waals surface area (Å²) in [6, 6.07) is 11.5. The number of pyridine rings is 1. The highest BCUT2D eigenvalue weighted by atomic mass is 35.5. The molecule has 0 bridgehead atoms. The van der Waals surface area contributed by atoms with Crippen LogP contribution in [0.15, 0.2) is 59.9 Å². The molecule has 1 unspecified atom stereocenters. The van der Waals surface area contributed by atoms with Crippen molar-refractivity contribution in [1.82, 2.24) is 9.88 Å². The molecule has 118 valence electrons. The van der Waals surface area contributed by atoms with Gasteiger partial charge in [0.05, 0.1) is 12.6 Å². The summed E-state index contributed by atoms with van der Waals surface area (Å²) in [6.45, 7) is 2.02. The zero-order valence-electron chi connectivity index (χ0n) is 12.8.